The number of hydrogen-bond acceptors (Lipinski definition) is 3. The van der Waals surface area contributed by atoms with Crippen LogP contribution >= 0.6 is 0 Å². The van der Waals surface area contributed by atoms with Gasteiger partial charge in [-0.15, -0.1) is 0 Å². The fourth-order valence-corrected chi connectivity index (χ4v) is 0.766. The number of hydrogen-bond donors (Lipinski definition) is 0. The van der Waals surface area contributed by atoms with Crippen LogP contribution in [-0.2, 0) is 9.78 Å². The third-order valence-corrected chi connectivity index (χ3v) is 1.26. The highest BCUT2D eigenvalue weighted by atomic mass is 17.2. The molecule has 0 spiro atoms. The first-order chi connectivity index (χ1) is 6.35. The summed E-state index contributed by atoms with van der Waals surface area (Å²) in [6, 6.07) is 0. The first kappa shape index (κ1) is 13.2. The Morgan fingerprint density at radius 3 is 2.29 bits per heavy atom. The molecule has 0 N–H and O–H groups in total. The van der Waals surface area contributed by atoms with Crippen molar-refractivity contribution in [3.05, 3.63) is 10.4 Å². The maximum absolute atomic E-state index is 8.30. The van der Waals surface area contributed by atoms with Crippen LogP contribution in [0.3, 0.4) is 0 Å². The lowest BCUT2D eigenvalue weighted by molar-refractivity contribution is -0.373. The van der Waals surface area contributed by atoms with E-state index in [1.807, 2.05) is 34.6 Å². The van der Waals surface area contributed by atoms with Crippen molar-refractivity contribution in [1.82, 2.24) is 0 Å². The minimum absolute atomic E-state index is 0.389. The normalized spacial score (nSPS) is 13.9. The van der Waals surface area contributed by atoms with Gasteiger partial charge in [0.15, 0.2) is 6.23 Å². The Balaban J connectivity index is 4.04. The molecule has 5 heteroatoms. The molecule has 0 aromatic rings. The van der Waals surface area contributed by atoms with Gasteiger partial charge in [0.1, 0.15) is 0 Å². The molecule has 0 heterocycles. The summed E-state index contributed by atoms with van der Waals surface area (Å²) in [6.45, 7) is 9.67. The standard InChI is InChI=1S/C9H19N3O2/c1-7(2)6-8(11-12-10)13-14-9(3,4)5/h7-8H,6H2,1-5H3. The lowest BCUT2D eigenvalue weighted by atomic mass is 10.1. The van der Waals surface area contributed by atoms with Gasteiger partial charge in [-0.1, -0.05) is 19.0 Å². The smallest absolute Gasteiger partial charge is 0.172 e. The second-order valence-corrected chi connectivity index (χ2v) is 4.58. The highest BCUT2D eigenvalue weighted by Gasteiger charge is 2.16. The Bertz CT molecular complexity index is 205. The van der Waals surface area contributed by atoms with Crippen LogP contribution in [0.5, 0.6) is 0 Å². The molecule has 0 saturated carbocycles. The van der Waals surface area contributed by atoms with Crippen molar-refractivity contribution in [3.63, 3.8) is 0 Å². The molecule has 14 heavy (non-hydrogen) atoms. The van der Waals surface area contributed by atoms with Gasteiger partial charge >= 0.3 is 0 Å². The highest BCUT2D eigenvalue weighted by Crippen LogP contribution is 2.14. The maximum atomic E-state index is 8.30. The van der Waals surface area contributed by atoms with Crippen LogP contribution in [0.25, 0.3) is 10.4 Å². The van der Waals surface area contributed by atoms with Crippen molar-refractivity contribution in [3.8, 4) is 0 Å². The molecule has 82 valence electrons. The molecule has 0 fully saturated rings. The van der Waals surface area contributed by atoms with E-state index in [2.05, 4.69) is 10.0 Å². The molecule has 5 nitrogen and oxygen atoms in total. The molecule has 0 bridgehead atoms. The van der Waals surface area contributed by atoms with E-state index in [1.165, 1.54) is 0 Å². The monoisotopic (exact) mass is 201 g/mol. The van der Waals surface area contributed by atoms with Gasteiger partial charge in [0.25, 0.3) is 0 Å². The molecule has 1 atom stereocenters. The van der Waals surface area contributed by atoms with Crippen molar-refractivity contribution >= 4 is 0 Å². The first-order valence-corrected chi connectivity index (χ1v) is 4.74. The van der Waals surface area contributed by atoms with E-state index < -0.39 is 6.23 Å². The molecular formula is C9H19N3O2. The summed E-state index contributed by atoms with van der Waals surface area (Å²) in [5, 5.41) is 3.50. The van der Waals surface area contributed by atoms with Crippen LogP contribution in [0.2, 0.25) is 0 Å². The molecular weight excluding hydrogens is 182 g/mol. The molecule has 0 amide bonds. The van der Waals surface area contributed by atoms with Gasteiger partial charge in [-0.05, 0) is 38.6 Å². The summed E-state index contributed by atoms with van der Waals surface area (Å²) >= 11 is 0. The second kappa shape index (κ2) is 5.86. The predicted molar refractivity (Wildman–Crippen MR) is 54.3 cm³/mol. The van der Waals surface area contributed by atoms with E-state index in [4.69, 9.17) is 15.3 Å². The van der Waals surface area contributed by atoms with Gasteiger partial charge in [0.2, 0.25) is 0 Å². The Morgan fingerprint density at radius 1 is 1.36 bits per heavy atom. The summed E-state index contributed by atoms with van der Waals surface area (Å²) in [7, 11) is 0. The van der Waals surface area contributed by atoms with Gasteiger partial charge in [0.05, 0.1) is 5.60 Å². The van der Waals surface area contributed by atoms with E-state index in [0.29, 0.717) is 12.3 Å². The van der Waals surface area contributed by atoms with Crippen LogP contribution in [0.1, 0.15) is 41.0 Å². The summed E-state index contributed by atoms with van der Waals surface area (Å²) < 4.78 is 0. The van der Waals surface area contributed by atoms with Crippen LogP contribution in [0, 0.1) is 5.92 Å². The number of azide groups is 1. The van der Waals surface area contributed by atoms with Crippen molar-refractivity contribution < 1.29 is 9.78 Å². The molecule has 0 aromatic heterocycles. The predicted octanol–water partition coefficient (Wildman–Crippen LogP) is 3.42. The summed E-state index contributed by atoms with van der Waals surface area (Å²) in [5.74, 6) is 0.397. The van der Waals surface area contributed by atoms with E-state index in [9.17, 15) is 0 Å². The van der Waals surface area contributed by atoms with E-state index >= 15 is 0 Å². The minimum Gasteiger partial charge on any atom is -0.231 e. The van der Waals surface area contributed by atoms with Crippen molar-refractivity contribution in [2.45, 2.75) is 52.9 Å². The lowest BCUT2D eigenvalue weighted by Gasteiger charge is -2.21. The lowest BCUT2D eigenvalue weighted by Crippen LogP contribution is -2.24. The van der Waals surface area contributed by atoms with E-state index in [1.54, 1.807) is 0 Å². The molecule has 0 aliphatic rings. The summed E-state index contributed by atoms with van der Waals surface area (Å²) in [5.41, 5.74) is 7.91. The van der Waals surface area contributed by atoms with Crippen molar-refractivity contribution in [2.24, 2.45) is 11.0 Å². The molecule has 0 aliphatic heterocycles. The summed E-state index contributed by atoms with van der Waals surface area (Å²) in [4.78, 5) is 12.8. The Hall–Kier alpha value is -0.770. The Labute approximate surface area is 84.9 Å². The topological polar surface area (TPSA) is 67.2 Å². The quantitative estimate of drug-likeness (QED) is 0.225. The average Bonchev–Trinajstić information content (AvgIpc) is 1.98. The molecule has 0 aliphatic carbocycles. The fraction of sp³-hybridized carbons (Fsp3) is 1.00. The number of rotatable bonds is 5. The van der Waals surface area contributed by atoms with E-state index in [0.717, 1.165) is 0 Å². The van der Waals surface area contributed by atoms with Crippen LogP contribution in [-0.4, -0.2) is 11.8 Å². The zero-order valence-corrected chi connectivity index (χ0v) is 9.52. The fourth-order valence-electron chi connectivity index (χ4n) is 0.766. The third-order valence-electron chi connectivity index (χ3n) is 1.26. The van der Waals surface area contributed by atoms with Gasteiger partial charge < -0.3 is 0 Å². The van der Waals surface area contributed by atoms with Gasteiger partial charge in [0, 0.05) is 4.91 Å². The molecule has 0 rings (SSSR count). The van der Waals surface area contributed by atoms with Crippen LogP contribution in [0.15, 0.2) is 5.11 Å². The van der Waals surface area contributed by atoms with Crippen LogP contribution in [0.4, 0.5) is 0 Å². The molecule has 0 aromatic carbocycles. The average molecular weight is 201 g/mol. The van der Waals surface area contributed by atoms with Crippen molar-refractivity contribution in [1.29, 1.82) is 0 Å². The van der Waals surface area contributed by atoms with Crippen molar-refractivity contribution in [2.75, 3.05) is 0 Å². The molecule has 1 unspecified atom stereocenters. The van der Waals surface area contributed by atoms with E-state index in [-0.39, 0.29) is 5.60 Å². The SMILES string of the molecule is CC(C)CC(N=[N+]=[N-])OOC(C)(C)C. The first-order valence-electron chi connectivity index (χ1n) is 4.74. The largest absolute Gasteiger partial charge is 0.231 e. The van der Waals surface area contributed by atoms with Gasteiger partial charge in [-0.2, -0.15) is 0 Å². The molecule has 0 saturated heterocycles. The van der Waals surface area contributed by atoms with Crippen LogP contribution < -0.4 is 0 Å². The zero-order valence-electron chi connectivity index (χ0n) is 9.52. The zero-order chi connectivity index (χ0) is 11.2. The van der Waals surface area contributed by atoms with Gasteiger partial charge in [-0.25, -0.2) is 9.78 Å². The maximum Gasteiger partial charge on any atom is 0.172 e. The third kappa shape index (κ3) is 7.86. The number of nitrogens with zero attached hydrogens (tertiary/aromatic N) is 3. The molecule has 0 radical (unpaired) electrons. The highest BCUT2D eigenvalue weighted by molar-refractivity contribution is 4.59. The summed E-state index contributed by atoms with van der Waals surface area (Å²) in [6.07, 6.45) is 0.111. The van der Waals surface area contributed by atoms with Gasteiger partial charge in [-0.3, -0.25) is 0 Å². The minimum atomic E-state index is -0.542. The Morgan fingerprint density at radius 2 is 1.93 bits per heavy atom. The second-order valence-electron chi connectivity index (χ2n) is 4.58. The Kier molecular flexibility index (Phi) is 5.53.